The van der Waals surface area contributed by atoms with Crippen LogP contribution in [0.5, 0.6) is 11.5 Å². The molecule has 2 amide bonds. The number of amides is 2. The molecule has 1 heterocycles. The molecule has 4 aromatic rings. The number of nitrogens with one attached hydrogen (secondary N) is 2. The second-order valence-corrected chi connectivity index (χ2v) is 7.16. The summed E-state index contributed by atoms with van der Waals surface area (Å²) in [6.07, 6.45) is 0. The van der Waals surface area contributed by atoms with Crippen LogP contribution in [0.3, 0.4) is 0 Å². The SMILES string of the molecule is COc1cc(OC)cc(C(=O)Nc2ccccc2-c2nnn(CC(=O)Nc3ccccc3)n2)c1. The molecule has 0 aliphatic carbocycles. The van der Waals surface area contributed by atoms with Gasteiger partial charge in [0.2, 0.25) is 11.7 Å². The molecule has 1 aromatic heterocycles. The van der Waals surface area contributed by atoms with Crippen molar-refractivity contribution in [2.45, 2.75) is 6.54 Å². The molecule has 0 atom stereocenters. The summed E-state index contributed by atoms with van der Waals surface area (Å²) in [5, 5.41) is 18.0. The van der Waals surface area contributed by atoms with Gasteiger partial charge in [-0.25, -0.2) is 0 Å². The quantitative estimate of drug-likeness (QED) is 0.416. The van der Waals surface area contributed by atoms with E-state index in [9.17, 15) is 9.59 Å². The van der Waals surface area contributed by atoms with Crippen LogP contribution in [0.1, 0.15) is 10.4 Å². The van der Waals surface area contributed by atoms with Crippen LogP contribution in [-0.2, 0) is 11.3 Å². The number of tetrazole rings is 1. The molecule has 0 radical (unpaired) electrons. The first kappa shape index (κ1) is 22.5. The van der Waals surface area contributed by atoms with Gasteiger partial charge in [0.15, 0.2) is 0 Å². The van der Waals surface area contributed by atoms with Crippen LogP contribution in [0.15, 0.2) is 72.8 Å². The molecule has 172 valence electrons. The summed E-state index contributed by atoms with van der Waals surface area (Å²) in [6, 6.07) is 21.1. The van der Waals surface area contributed by atoms with E-state index in [1.165, 1.54) is 19.0 Å². The maximum atomic E-state index is 12.9. The van der Waals surface area contributed by atoms with Gasteiger partial charge in [0.05, 0.1) is 19.9 Å². The number of aromatic nitrogens is 4. The van der Waals surface area contributed by atoms with Gasteiger partial charge in [-0.3, -0.25) is 9.59 Å². The van der Waals surface area contributed by atoms with Crippen molar-refractivity contribution in [1.29, 1.82) is 0 Å². The second-order valence-electron chi connectivity index (χ2n) is 7.16. The standard InChI is InChI=1S/C24H22N6O4/c1-33-18-12-16(13-19(14-18)34-2)24(32)26-21-11-7-6-10-20(21)23-27-29-30(28-23)15-22(31)25-17-8-4-3-5-9-17/h3-14H,15H2,1-2H3,(H,25,31)(H,26,32). The molecule has 0 fully saturated rings. The molecule has 10 heteroatoms. The predicted molar refractivity (Wildman–Crippen MR) is 126 cm³/mol. The highest BCUT2D eigenvalue weighted by Crippen LogP contribution is 2.27. The zero-order valence-corrected chi connectivity index (χ0v) is 18.6. The fraction of sp³-hybridized carbons (Fsp3) is 0.125. The van der Waals surface area contributed by atoms with Crippen molar-refractivity contribution in [3.05, 3.63) is 78.4 Å². The highest BCUT2D eigenvalue weighted by Gasteiger charge is 2.16. The zero-order chi connectivity index (χ0) is 23.9. The van der Waals surface area contributed by atoms with Crippen LogP contribution in [0, 0.1) is 0 Å². The molecule has 0 aliphatic heterocycles. The van der Waals surface area contributed by atoms with Crippen LogP contribution < -0.4 is 20.1 Å². The largest absolute Gasteiger partial charge is 0.497 e. The predicted octanol–water partition coefficient (Wildman–Crippen LogP) is 3.25. The zero-order valence-electron chi connectivity index (χ0n) is 18.6. The summed E-state index contributed by atoms with van der Waals surface area (Å²) in [4.78, 5) is 26.4. The van der Waals surface area contributed by atoms with Crippen LogP contribution in [0.25, 0.3) is 11.4 Å². The van der Waals surface area contributed by atoms with Gasteiger partial charge in [-0.15, -0.1) is 10.2 Å². The highest BCUT2D eigenvalue weighted by atomic mass is 16.5. The molecule has 0 bridgehead atoms. The lowest BCUT2D eigenvalue weighted by atomic mass is 10.1. The van der Waals surface area contributed by atoms with Crippen LogP contribution in [0.4, 0.5) is 11.4 Å². The number of ether oxygens (including phenoxy) is 2. The smallest absolute Gasteiger partial charge is 0.255 e. The number of hydrogen-bond donors (Lipinski definition) is 2. The van der Waals surface area contributed by atoms with Crippen molar-refractivity contribution in [1.82, 2.24) is 20.2 Å². The number of nitrogens with zero attached hydrogens (tertiary/aromatic N) is 4. The van der Waals surface area contributed by atoms with Gasteiger partial charge in [-0.2, -0.15) is 4.80 Å². The van der Waals surface area contributed by atoms with Gasteiger partial charge in [0.1, 0.15) is 18.0 Å². The minimum Gasteiger partial charge on any atom is -0.497 e. The number of carbonyl (C=O) groups excluding carboxylic acids is 2. The molecule has 3 aromatic carbocycles. The summed E-state index contributed by atoms with van der Waals surface area (Å²) >= 11 is 0. The normalized spacial score (nSPS) is 10.4. The van der Waals surface area contributed by atoms with E-state index in [0.29, 0.717) is 34.0 Å². The van der Waals surface area contributed by atoms with Gasteiger partial charge >= 0.3 is 0 Å². The Hall–Kier alpha value is -4.73. The van der Waals surface area contributed by atoms with E-state index in [2.05, 4.69) is 26.0 Å². The minimum absolute atomic E-state index is 0.111. The minimum atomic E-state index is -0.362. The van der Waals surface area contributed by atoms with E-state index < -0.39 is 0 Å². The molecular weight excluding hydrogens is 436 g/mol. The van der Waals surface area contributed by atoms with Crippen molar-refractivity contribution in [2.75, 3.05) is 24.9 Å². The number of rotatable bonds is 8. The monoisotopic (exact) mass is 458 g/mol. The fourth-order valence-electron chi connectivity index (χ4n) is 3.19. The first-order valence-electron chi connectivity index (χ1n) is 10.3. The van der Waals surface area contributed by atoms with Crippen molar-refractivity contribution in [2.24, 2.45) is 0 Å². The third-order valence-electron chi connectivity index (χ3n) is 4.83. The number of hydrogen-bond acceptors (Lipinski definition) is 7. The van der Waals surface area contributed by atoms with E-state index in [0.717, 1.165) is 0 Å². The first-order valence-corrected chi connectivity index (χ1v) is 10.3. The Morgan fingerprint density at radius 2 is 1.56 bits per heavy atom. The lowest BCUT2D eigenvalue weighted by molar-refractivity contribution is -0.117. The van der Waals surface area contributed by atoms with Gasteiger partial charge in [0.25, 0.3) is 5.91 Å². The molecule has 0 spiro atoms. The summed E-state index contributed by atoms with van der Waals surface area (Å²) in [7, 11) is 3.03. The Kier molecular flexibility index (Phi) is 6.78. The number of methoxy groups -OCH3 is 2. The molecule has 4 rings (SSSR count). The number of anilines is 2. The van der Waals surface area contributed by atoms with Crippen LogP contribution in [-0.4, -0.2) is 46.2 Å². The molecule has 34 heavy (non-hydrogen) atoms. The summed E-state index contributed by atoms with van der Waals surface area (Å²) in [5.74, 6) is 0.613. The second kappa shape index (κ2) is 10.3. The van der Waals surface area contributed by atoms with E-state index in [1.54, 1.807) is 54.6 Å². The Labute approximate surface area is 195 Å². The summed E-state index contributed by atoms with van der Waals surface area (Å²) < 4.78 is 10.5. The van der Waals surface area contributed by atoms with Crippen LogP contribution in [0.2, 0.25) is 0 Å². The van der Waals surface area contributed by atoms with Gasteiger partial charge in [-0.1, -0.05) is 30.3 Å². The molecule has 0 saturated carbocycles. The van der Waals surface area contributed by atoms with Crippen molar-refractivity contribution in [3.8, 4) is 22.9 Å². The Morgan fingerprint density at radius 3 is 2.26 bits per heavy atom. The van der Waals surface area contributed by atoms with Crippen molar-refractivity contribution >= 4 is 23.2 Å². The highest BCUT2D eigenvalue weighted by molar-refractivity contribution is 6.06. The van der Waals surface area contributed by atoms with Gasteiger partial charge < -0.3 is 20.1 Å². The third kappa shape index (κ3) is 5.36. The molecule has 2 N–H and O–H groups in total. The molecule has 0 aliphatic rings. The maximum Gasteiger partial charge on any atom is 0.255 e. The number of carbonyl (C=O) groups is 2. The van der Waals surface area contributed by atoms with E-state index in [-0.39, 0.29) is 24.2 Å². The Balaban J connectivity index is 1.50. The molecule has 10 nitrogen and oxygen atoms in total. The van der Waals surface area contributed by atoms with Gasteiger partial charge in [0, 0.05) is 22.9 Å². The first-order chi connectivity index (χ1) is 16.6. The number of para-hydroxylation sites is 2. The van der Waals surface area contributed by atoms with E-state index in [1.807, 2.05) is 18.2 Å². The molecular formula is C24H22N6O4. The average molecular weight is 458 g/mol. The average Bonchev–Trinajstić information content (AvgIpc) is 3.32. The van der Waals surface area contributed by atoms with Gasteiger partial charge in [-0.05, 0) is 41.6 Å². The maximum absolute atomic E-state index is 12.9. The summed E-state index contributed by atoms with van der Waals surface area (Å²) in [5.41, 5.74) is 2.08. The van der Waals surface area contributed by atoms with Crippen LogP contribution >= 0.6 is 0 Å². The van der Waals surface area contributed by atoms with Crippen molar-refractivity contribution in [3.63, 3.8) is 0 Å². The summed E-state index contributed by atoms with van der Waals surface area (Å²) in [6.45, 7) is -0.111. The lowest BCUT2D eigenvalue weighted by Crippen LogP contribution is -2.20. The number of benzene rings is 3. The third-order valence-corrected chi connectivity index (χ3v) is 4.83. The molecule has 0 unspecified atom stereocenters. The lowest BCUT2D eigenvalue weighted by Gasteiger charge is -2.11. The topological polar surface area (TPSA) is 120 Å². The van der Waals surface area contributed by atoms with Crippen molar-refractivity contribution < 1.29 is 19.1 Å². The molecule has 0 saturated heterocycles. The Morgan fingerprint density at radius 1 is 0.882 bits per heavy atom. The Bertz CT molecular complexity index is 1280. The van der Waals surface area contributed by atoms with E-state index >= 15 is 0 Å². The van der Waals surface area contributed by atoms with E-state index in [4.69, 9.17) is 9.47 Å². The fourth-order valence-corrected chi connectivity index (χ4v) is 3.19.